The van der Waals surface area contributed by atoms with Crippen LogP contribution in [0.25, 0.3) is 5.69 Å². The lowest BCUT2D eigenvalue weighted by molar-refractivity contribution is 0.342. The lowest BCUT2D eigenvalue weighted by atomic mass is 10.2. The Balaban J connectivity index is 1.56. The maximum absolute atomic E-state index is 5.72. The molecule has 2 aromatic carbocycles. The van der Waals surface area contributed by atoms with Crippen molar-refractivity contribution in [2.24, 2.45) is 0 Å². The quantitative estimate of drug-likeness (QED) is 0.485. The van der Waals surface area contributed by atoms with Crippen molar-refractivity contribution < 1.29 is 9.47 Å². The van der Waals surface area contributed by atoms with Crippen LogP contribution in [0.5, 0.6) is 11.5 Å². The summed E-state index contributed by atoms with van der Waals surface area (Å²) < 4.78 is 12.6. The van der Waals surface area contributed by atoms with Crippen LogP contribution < -0.4 is 9.47 Å². The second-order valence-electron chi connectivity index (χ2n) is 5.03. The van der Waals surface area contributed by atoms with Gasteiger partial charge in [-0.15, -0.1) is 5.10 Å². The molecule has 0 spiro atoms. The van der Waals surface area contributed by atoms with Gasteiger partial charge in [0.25, 0.3) is 0 Å². The summed E-state index contributed by atoms with van der Waals surface area (Å²) in [4.78, 5) is 0. The topological polar surface area (TPSA) is 62.1 Å². The molecule has 0 saturated carbocycles. The van der Waals surface area contributed by atoms with E-state index in [0.717, 1.165) is 33.7 Å². The molecule has 0 radical (unpaired) electrons. The van der Waals surface area contributed by atoms with E-state index in [0.29, 0.717) is 6.61 Å². The van der Waals surface area contributed by atoms with Crippen molar-refractivity contribution in [1.29, 1.82) is 0 Å². The highest BCUT2D eigenvalue weighted by Gasteiger charge is 2.10. The molecule has 0 amide bonds. The lowest BCUT2D eigenvalue weighted by Crippen LogP contribution is -2.04. The minimum atomic E-state index is 0.567. The molecule has 6 nitrogen and oxygen atoms in total. The highest BCUT2D eigenvalue weighted by atomic mass is 32.2. The van der Waals surface area contributed by atoms with Crippen molar-refractivity contribution in [3.8, 4) is 17.2 Å². The van der Waals surface area contributed by atoms with Gasteiger partial charge in [0.2, 0.25) is 5.16 Å². The first-order valence-electron chi connectivity index (χ1n) is 7.52. The van der Waals surface area contributed by atoms with Gasteiger partial charge in [-0.25, -0.2) is 0 Å². The molecule has 0 aliphatic carbocycles. The molecule has 0 atom stereocenters. The van der Waals surface area contributed by atoms with Crippen LogP contribution in [0.1, 0.15) is 5.56 Å². The van der Waals surface area contributed by atoms with E-state index >= 15 is 0 Å². The van der Waals surface area contributed by atoms with Crippen molar-refractivity contribution in [3.63, 3.8) is 0 Å². The molecule has 0 N–H and O–H groups in total. The third kappa shape index (κ3) is 3.86. The number of hydrogen-bond donors (Lipinski definition) is 0. The molecule has 3 aromatic rings. The molecule has 1 aromatic heterocycles. The first-order valence-corrected chi connectivity index (χ1v) is 8.50. The molecule has 0 aliphatic rings. The summed E-state index contributed by atoms with van der Waals surface area (Å²) in [5, 5.41) is 12.7. The standard InChI is InChI=1S/C17H18N4O2S/c1-13-5-3-4-6-16(13)21-17(18-19-20-21)24-12-11-23-15-9-7-14(22-2)8-10-15/h3-10H,11-12H2,1-2H3. The van der Waals surface area contributed by atoms with Gasteiger partial charge in [0.1, 0.15) is 11.5 Å². The molecule has 0 unspecified atom stereocenters. The van der Waals surface area contributed by atoms with Crippen molar-refractivity contribution >= 4 is 11.8 Å². The van der Waals surface area contributed by atoms with Gasteiger partial charge in [-0.3, -0.25) is 0 Å². The number of aryl methyl sites for hydroxylation is 1. The summed E-state index contributed by atoms with van der Waals surface area (Å²) in [7, 11) is 1.64. The van der Waals surface area contributed by atoms with Crippen LogP contribution in [0.15, 0.2) is 53.7 Å². The highest BCUT2D eigenvalue weighted by Crippen LogP contribution is 2.21. The Kier molecular flexibility index (Phi) is 5.32. The van der Waals surface area contributed by atoms with Crippen LogP contribution in [-0.2, 0) is 0 Å². The van der Waals surface area contributed by atoms with Crippen molar-refractivity contribution in [2.75, 3.05) is 19.5 Å². The zero-order valence-electron chi connectivity index (χ0n) is 13.5. The smallest absolute Gasteiger partial charge is 0.214 e. The molecule has 124 valence electrons. The van der Waals surface area contributed by atoms with Gasteiger partial charge in [0.15, 0.2) is 0 Å². The highest BCUT2D eigenvalue weighted by molar-refractivity contribution is 7.99. The zero-order chi connectivity index (χ0) is 16.8. The van der Waals surface area contributed by atoms with E-state index in [1.807, 2.05) is 55.5 Å². The third-order valence-corrected chi connectivity index (χ3v) is 4.31. The van der Waals surface area contributed by atoms with Crippen LogP contribution >= 0.6 is 11.8 Å². The first-order chi connectivity index (χ1) is 11.8. The fraction of sp³-hybridized carbons (Fsp3) is 0.235. The summed E-state index contributed by atoms with van der Waals surface area (Å²) in [6.45, 7) is 2.61. The van der Waals surface area contributed by atoms with Gasteiger partial charge in [-0.2, -0.15) is 4.68 Å². The Hall–Kier alpha value is -2.54. The fourth-order valence-electron chi connectivity index (χ4n) is 2.19. The van der Waals surface area contributed by atoms with Crippen LogP contribution in [0.4, 0.5) is 0 Å². The Morgan fingerprint density at radius 2 is 1.79 bits per heavy atom. The number of para-hydroxylation sites is 1. The number of methoxy groups -OCH3 is 1. The normalized spacial score (nSPS) is 10.6. The van der Waals surface area contributed by atoms with Crippen molar-refractivity contribution in [3.05, 3.63) is 54.1 Å². The van der Waals surface area contributed by atoms with E-state index < -0.39 is 0 Å². The van der Waals surface area contributed by atoms with Gasteiger partial charge in [0.05, 0.1) is 19.4 Å². The van der Waals surface area contributed by atoms with Crippen LogP contribution in [0.2, 0.25) is 0 Å². The minimum absolute atomic E-state index is 0.567. The lowest BCUT2D eigenvalue weighted by Gasteiger charge is -2.08. The number of benzene rings is 2. The van der Waals surface area contributed by atoms with E-state index in [9.17, 15) is 0 Å². The average Bonchev–Trinajstić information content (AvgIpc) is 3.08. The summed E-state index contributed by atoms with van der Waals surface area (Å²) in [6.07, 6.45) is 0. The van der Waals surface area contributed by atoms with Crippen LogP contribution in [0, 0.1) is 6.92 Å². The first kappa shape index (κ1) is 16.3. The van der Waals surface area contributed by atoms with Crippen molar-refractivity contribution in [2.45, 2.75) is 12.1 Å². The molecular formula is C17H18N4O2S. The predicted octanol–water partition coefficient (Wildman–Crippen LogP) is 3.15. The molecule has 24 heavy (non-hydrogen) atoms. The molecule has 0 aliphatic heterocycles. The Bertz CT molecular complexity index is 789. The minimum Gasteiger partial charge on any atom is -0.497 e. The second-order valence-corrected chi connectivity index (χ2v) is 6.09. The number of tetrazole rings is 1. The van der Waals surface area contributed by atoms with Gasteiger partial charge in [-0.05, 0) is 53.2 Å². The summed E-state index contributed by atoms with van der Waals surface area (Å²) >= 11 is 1.56. The number of rotatable bonds is 7. The third-order valence-electron chi connectivity index (χ3n) is 3.43. The number of nitrogens with zero attached hydrogens (tertiary/aromatic N) is 4. The Morgan fingerprint density at radius 1 is 1.04 bits per heavy atom. The van der Waals surface area contributed by atoms with Crippen LogP contribution in [0.3, 0.4) is 0 Å². The summed E-state index contributed by atoms with van der Waals surface area (Å²) in [5.41, 5.74) is 2.11. The fourth-order valence-corrected chi connectivity index (χ4v) is 2.89. The Morgan fingerprint density at radius 3 is 2.54 bits per heavy atom. The largest absolute Gasteiger partial charge is 0.497 e. The van der Waals surface area contributed by atoms with Gasteiger partial charge in [0, 0.05) is 5.75 Å². The Labute approximate surface area is 144 Å². The van der Waals surface area contributed by atoms with Crippen LogP contribution in [-0.4, -0.2) is 39.7 Å². The van der Waals surface area contributed by atoms with Crippen molar-refractivity contribution in [1.82, 2.24) is 20.2 Å². The number of ether oxygens (including phenoxy) is 2. The van der Waals surface area contributed by atoms with E-state index in [1.165, 1.54) is 0 Å². The van der Waals surface area contributed by atoms with Gasteiger partial charge >= 0.3 is 0 Å². The maximum atomic E-state index is 5.72. The molecular weight excluding hydrogens is 324 g/mol. The number of thioether (sulfide) groups is 1. The van der Waals surface area contributed by atoms with E-state index in [1.54, 1.807) is 23.6 Å². The average molecular weight is 342 g/mol. The molecule has 0 bridgehead atoms. The van der Waals surface area contributed by atoms with E-state index in [4.69, 9.17) is 9.47 Å². The molecule has 0 saturated heterocycles. The molecule has 0 fully saturated rings. The molecule has 3 rings (SSSR count). The van der Waals surface area contributed by atoms with E-state index in [-0.39, 0.29) is 0 Å². The molecule has 1 heterocycles. The van der Waals surface area contributed by atoms with Gasteiger partial charge < -0.3 is 9.47 Å². The number of aromatic nitrogens is 4. The van der Waals surface area contributed by atoms with Gasteiger partial charge in [-0.1, -0.05) is 30.0 Å². The SMILES string of the molecule is COc1ccc(OCCSc2nnnn2-c2ccccc2C)cc1. The monoisotopic (exact) mass is 342 g/mol. The maximum Gasteiger partial charge on any atom is 0.214 e. The predicted molar refractivity (Wildman–Crippen MR) is 93.1 cm³/mol. The zero-order valence-corrected chi connectivity index (χ0v) is 14.4. The van der Waals surface area contributed by atoms with E-state index in [2.05, 4.69) is 15.5 Å². The molecule has 7 heteroatoms. The summed E-state index contributed by atoms with van der Waals surface area (Å²) in [5.74, 6) is 2.38. The summed E-state index contributed by atoms with van der Waals surface area (Å²) in [6, 6.07) is 15.6. The number of hydrogen-bond acceptors (Lipinski definition) is 6. The second kappa shape index (κ2) is 7.83.